The Morgan fingerprint density at radius 1 is 0.281 bits per heavy atom. The van der Waals surface area contributed by atoms with Crippen LogP contribution >= 0.6 is 70.7 Å². The number of rotatable bonds is 48. The van der Waals surface area contributed by atoms with E-state index in [1.54, 1.807) is 52.5 Å². The van der Waals surface area contributed by atoms with Crippen molar-refractivity contribution in [3.8, 4) is 0 Å². The molecule has 2 unspecified atom stereocenters. The van der Waals surface area contributed by atoms with Crippen molar-refractivity contribution in [1.29, 1.82) is 0 Å². The molecule has 0 amide bonds. The van der Waals surface area contributed by atoms with Crippen LogP contribution in [0.15, 0.2) is 0 Å². The van der Waals surface area contributed by atoms with Gasteiger partial charge in [-0.05, 0) is 62.0 Å². The summed E-state index contributed by atoms with van der Waals surface area (Å²) >= 11 is 0. The van der Waals surface area contributed by atoms with Crippen LogP contribution in [0, 0.1) is 0 Å². The number of hydrogen-bond donors (Lipinski definition) is 0. The molecule has 0 radical (unpaired) electrons. The van der Waals surface area contributed by atoms with E-state index in [1.807, 2.05) is 60.9 Å². The molecule has 0 bridgehead atoms. The average molecular weight is 972 g/mol. The molecule has 0 spiro atoms. The zero-order chi connectivity index (χ0) is 42.0. The Labute approximate surface area is 383 Å². The van der Waals surface area contributed by atoms with Gasteiger partial charge in [-0.1, -0.05) is 228 Å². The van der Waals surface area contributed by atoms with E-state index in [4.69, 9.17) is 26.6 Å². The quantitative estimate of drug-likeness (QED) is 0.0331. The Morgan fingerprint density at radius 3 is 0.684 bits per heavy atom. The number of hydrogen-bond acceptors (Lipinski definition) is 13. The maximum atomic E-state index is 5.95. The van der Waals surface area contributed by atoms with E-state index in [9.17, 15) is 0 Å². The van der Waals surface area contributed by atoms with E-state index >= 15 is 0 Å². The van der Waals surface area contributed by atoms with Gasteiger partial charge in [-0.3, -0.25) is 0 Å². The van der Waals surface area contributed by atoms with E-state index in [2.05, 4.69) is 13.8 Å². The fourth-order valence-corrected chi connectivity index (χ4v) is 32.4. The van der Waals surface area contributed by atoms with Gasteiger partial charge in [0.1, 0.15) is 0 Å². The van der Waals surface area contributed by atoms with Crippen LogP contribution in [0.1, 0.15) is 219 Å². The predicted molar refractivity (Wildman–Crippen MR) is 273 cm³/mol. The van der Waals surface area contributed by atoms with Crippen LogP contribution in [0.2, 0.25) is 0 Å². The van der Waals surface area contributed by atoms with Gasteiger partial charge in [-0.25, -0.2) is 0 Å². The van der Waals surface area contributed by atoms with Crippen molar-refractivity contribution >= 4 is 88.3 Å². The van der Waals surface area contributed by atoms with Crippen molar-refractivity contribution in [2.24, 2.45) is 0 Å². The minimum Gasteiger partial charge on any atom is -0.376 e. The van der Waals surface area contributed by atoms with Gasteiger partial charge in [0.25, 0.3) is 0 Å². The summed E-state index contributed by atoms with van der Waals surface area (Å²) in [6, 6.07) is 0. The van der Waals surface area contributed by atoms with Crippen LogP contribution in [0.5, 0.6) is 0 Å². The summed E-state index contributed by atoms with van der Waals surface area (Å²) in [5, 5.41) is 0. The normalized spacial score (nSPS) is 13.5. The molecule has 0 heterocycles. The minimum absolute atomic E-state index is 0.209. The van der Waals surface area contributed by atoms with Gasteiger partial charge >= 0.3 is 17.6 Å². The third kappa shape index (κ3) is 32.0. The Kier molecular flexibility index (Phi) is 47.3. The molecular weight excluding hydrogens is 881 g/mol. The van der Waals surface area contributed by atoms with Crippen LogP contribution in [-0.4, -0.2) is 70.0 Å². The van der Waals surface area contributed by atoms with Crippen LogP contribution in [0.3, 0.4) is 0 Å². The molecule has 0 aliphatic rings. The first-order valence-electron chi connectivity index (χ1n) is 23.0. The third-order valence-corrected chi connectivity index (χ3v) is 33.4. The fraction of sp³-hybridized carbons (Fsp3) is 1.00. The standard InChI is InChI=1S/C42H90O6S7Si2/c1-9-11-13-15-17-19-21-23-25-27-29-31-33-35-37-39-41(56(43-3,44-4)45-5)49-51-53-55-54-52-50-42(57(46-6,47-7)48-8)40-38-36-34-32-30-28-26-24-22-20-18-16-14-12-10-2/h41-42H,9-40H2,1-8H3. The molecule has 0 aromatic carbocycles. The Morgan fingerprint density at radius 2 is 0.474 bits per heavy atom. The second-order valence-electron chi connectivity index (χ2n) is 15.4. The number of unbranched alkanes of at least 4 members (excludes halogenated alkanes) is 28. The molecule has 0 aromatic heterocycles. The Balaban J connectivity index is 4.37. The lowest BCUT2D eigenvalue weighted by Crippen LogP contribution is -2.52. The molecule has 0 aliphatic heterocycles. The summed E-state index contributed by atoms with van der Waals surface area (Å²) in [5.74, 6) is 0. The largest absolute Gasteiger partial charge is 0.514 e. The van der Waals surface area contributed by atoms with Crippen molar-refractivity contribution < 1.29 is 26.6 Å². The van der Waals surface area contributed by atoms with Gasteiger partial charge in [-0.15, -0.1) is 0 Å². The molecule has 0 rings (SSSR count). The topological polar surface area (TPSA) is 55.4 Å². The first-order chi connectivity index (χ1) is 28.0. The van der Waals surface area contributed by atoms with Crippen molar-refractivity contribution in [2.45, 2.75) is 229 Å². The van der Waals surface area contributed by atoms with Crippen LogP contribution in [0.25, 0.3) is 0 Å². The minimum atomic E-state index is -2.75. The average Bonchev–Trinajstić information content (AvgIpc) is 3.24. The van der Waals surface area contributed by atoms with Crippen LogP contribution in [0.4, 0.5) is 0 Å². The zero-order valence-electron chi connectivity index (χ0n) is 38.1. The highest BCUT2D eigenvalue weighted by Crippen LogP contribution is 2.58. The summed E-state index contributed by atoms with van der Waals surface area (Å²) in [5.41, 5.74) is 0. The van der Waals surface area contributed by atoms with E-state index in [1.165, 1.54) is 193 Å². The maximum Gasteiger partial charge on any atom is 0.514 e. The molecule has 0 saturated heterocycles. The molecule has 0 fully saturated rings. The molecule has 0 aliphatic carbocycles. The summed E-state index contributed by atoms with van der Waals surface area (Å²) in [4.78, 5) is 0.418. The second-order valence-corrected chi connectivity index (χ2v) is 34.0. The molecule has 15 heteroatoms. The van der Waals surface area contributed by atoms with Crippen molar-refractivity contribution in [1.82, 2.24) is 0 Å². The summed E-state index contributed by atoms with van der Waals surface area (Å²) in [6.45, 7) is 4.59. The van der Waals surface area contributed by atoms with E-state index in [0.29, 0.717) is 0 Å². The molecule has 0 N–H and O–H groups in total. The molecular formula is C42H90O6S7Si2. The molecule has 0 aromatic rings. The summed E-state index contributed by atoms with van der Waals surface area (Å²) in [6.07, 6.45) is 43.4. The molecule has 2 atom stereocenters. The lowest BCUT2D eigenvalue weighted by Gasteiger charge is -2.31. The highest BCUT2D eigenvalue weighted by molar-refractivity contribution is 9.46. The molecule has 344 valence electrons. The zero-order valence-corrected chi connectivity index (χ0v) is 45.8. The van der Waals surface area contributed by atoms with Crippen molar-refractivity contribution in [2.75, 3.05) is 42.7 Å². The smallest absolute Gasteiger partial charge is 0.376 e. The molecule has 0 saturated carbocycles. The molecule has 57 heavy (non-hydrogen) atoms. The van der Waals surface area contributed by atoms with Gasteiger partial charge in [0.2, 0.25) is 0 Å². The summed E-state index contributed by atoms with van der Waals surface area (Å²) in [7, 11) is 17.7. The first kappa shape index (κ1) is 59.6. The third-order valence-electron chi connectivity index (χ3n) is 11.1. The highest BCUT2D eigenvalue weighted by Gasteiger charge is 2.49. The van der Waals surface area contributed by atoms with Crippen LogP contribution < -0.4 is 0 Å². The SMILES string of the molecule is CCCCCCCCCCCCCCCCCC(SSSSSSSC(CCCCCCCCCCCCCCCCC)[Si](OC)(OC)OC)[Si](OC)(OC)OC. The van der Waals surface area contributed by atoms with Gasteiger partial charge in [0, 0.05) is 42.7 Å². The Bertz CT molecular complexity index is 731. The van der Waals surface area contributed by atoms with E-state index < -0.39 is 17.6 Å². The Hall–Kier alpha value is 2.64. The van der Waals surface area contributed by atoms with Crippen molar-refractivity contribution in [3.05, 3.63) is 0 Å². The predicted octanol–water partition coefficient (Wildman–Crippen LogP) is 17.7. The first-order valence-corrected chi connectivity index (χ1v) is 35.5. The maximum absolute atomic E-state index is 5.95. The van der Waals surface area contributed by atoms with Crippen molar-refractivity contribution in [3.63, 3.8) is 0 Å². The van der Waals surface area contributed by atoms with Crippen LogP contribution in [-0.2, 0) is 26.6 Å². The lowest BCUT2D eigenvalue weighted by atomic mass is 10.0. The van der Waals surface area contributed by atoms with E-state index in [0.717, 1.165) is 12.8 Å². The second kappa shape index (κ2) is 45.2. The van der Waals surface area contributed by atoms with Gasteiger partial charge in [0.15, 0.2) is 0 Å². The van der Waals surface area contributed by atoms with E-state index in [-0.39, 0.29) is 9.75 Å². The van der Waals surface area contributed by atoms with Gasteiger partial charge in [0.05, 0.1) is 9.75 Å². The highest BCUT2D eigenvalue weighted by atomic mass is 33.9. The van der Waals surface area contributed by atoms with Gasteiger partial charge in [-0.2, -0.15) is 0 Å². The summed E-state index contributed by atoms with van der Waals surface area (Å²) < 4.78 is 35.7. The molecule has 6 nitrogen and oxygen atoms in total. The lowest BCUT2D eigenvalue weighted by molar-refractivity contribution is 0.120. The van der Waals surface area contributed by atoms with Gasteiger partial charge < -0.3 is 26.6 Å². The monoisotopic (exact) mass is 970 g/mol. The fourth-order valence-electron chi connectivity index (χ4n) is 7.42.